The molecule has 25 heavy (non-hydrogen) atoms. The van der Waals surface area contributed by atoms with Gasteiger partial charge in [0.25, 0.3) is 11.8 Å². The minimum absolute atomic E-state index is 0.162. The van der Waals surface area contributed by atoms with Crippen LogP contribution in [0.2, 0.25) is 0 Å². The molecule has 0 aromatic heterocycles. The summed E-state index contributed by atoms with van der Waals surface area (Å²) in [5, 5.41) is 13.5. The fourth-order valence-electron chi connectivity index (χ4n) is 2.15. The van der Waals surface area contributed by atoms with Gasteiger partial charge in [-0.1, -0.05) is 50.0 Å². The number of nitrogens with zero attached hydrogens (tertiary/aromatic N) is 1. The molecule has 0 bridgehead atoms. The molecule has 2 amide bonds. The van der Waals surface area contributed by atoms with Crippen molar-refractivity contribution < 1.29 is 19.5 Å². The first-order chi connectivity index (χ1) is 11.7. The average molecular weight is 377 g/mol. The quantitative estimate of drug-likeness (QED) is 0.609. The van der Waals surface area contributed by atoms with Gasteiger partial charge in [-0.05, 0) is 29.7 Å². The fourth-order valence-corrected chi connectivity index (χ4v) is 3.33. The Hall–Kier alpha value is -2.19. The lowest BCUT2D eigenvalue weighted by Crippen LogP contribution is -2.50. The summed E-state index contributed by atoms with van der Waals surface area (Å²) in [4.78, 5) is 37.1. The van der Waals surface area contributed by atoms with Crippen LogP contribution in [0.15, 0.2) is 29.2 Å². The van der Waals surface area contributed by atoms with E-state index < -0.39 is 17.9 Å². The van der Waals surface area contributed by atoms with E-state index in [9.17, 15) is 19.5 Å². The molecule has 1 aromatic rings. The number of amides is 2. The maximum absolute atomic E-state index is 12.2. The Labute approximate surface area is 155 Å². The van der Waals surface area contributed by atoms with Crippen LogP contribution in [0.1, 0.15) is 29.8 Å². The van der Waals surface area contributed by atoms with Crippen LogP contribution in [0.3, 0.4) is 0 Å². The van der Waals surface area contributed by atoms with Crippen molar-refractivity contribution in [3.05, 3.63) is 40.3 Å². The highest BCUT2D eigenvalue weighted by atomic mass is 32.2. The number of likely N-dealkylation sites (N-methyl/N-ethyl adjacent to an activating group) is 1. The highest BCUT2D eigenvalue weighted by Gasteiger charge is 2.28. The van der Waals surface area contributed by atoms with E-state index in [2.05, 4.69) is 5.32 Å². The second-order valence-electron chi connectivity index (χ2n) is 5.88. The third-order valence-corrected chi connectivity index (χ3v) is 5.15. The normalized spacial score (nSPS) is 17.3. The van der Waals surface area contributed by atoms with Crippen molar-refractivity contribution in [2.75, 3.05) is 7.05 Å². The Morgan fingerprint density at radius 2 is 1.88 bits per heavy atom. The second-order valence-corrected chi connectivity index (χ2v) is 7.55. The average Bonchev–Trinajstić information content (AvgIpc) is 2.79. The van der Waals surface area contributed by atoms with Gasteiger partial charge in [-0.2, -0.15) is 0 Å². The number of hydrogen-bond acceptors (Lipinski definition) is 6. The van der Waals surface area contributed by atoms with Crippen LogP contribution >= 0.6 is 24.0 Å². The molecule has 8 heteroatoms. The molecule has 0 unspecified atom stereocenters. The van der Waals surface area contributed by atoms with Crippen LogP contribution in [0.25, 0.3) is 6.08 Å². The Morgan fingerprint density at radius 1 is 1.28 bits per heavy atom. The molecule has 2 rings (SSSR count). The molecule has 6 nitrogen and oxygen atoms in total. The highest BCUT2D eigenvalue weighted by molar-refractivity contribution is 8.26. The molecule has 0 saturated carbocycles. The van der Waals surface area contributed by atoms with Crippen molar-refractivity contribution in [2.45, 2.75) is 19.9 Å². The van der Waals surface area contributed by atoms with Gasteiger partial charge in [-0.25, -0.2) is 0 Å². The number of rotatable bonds is 5. The topological polar surface area (TPSA) is 89.5 Å². The van der Waals surface area contributed by atoms with Gasteiger partial charge < -0.3 is 15.2 Å². The summed E-state index contributed by atoms with van der Waals surface area (Å²) < 4.78 is 0.495. The van der Waals surface area contributed by atoms with Gasteiger partial charge in [-0.15, -0.1) is 0 Å². The third-order valence-electron chi connectivity index (χ3n) is 3.66. The molecule has 0 aliphatic carbocycles. The predicted molar refractivity (Wildman–Crippen MR) is 98.5 cm³/mol. The van der Waals surface area contributed by atoms with Crippen molar-refractivity contribution in [3.8, 4) is 0 Å². The SMILES string of the molecule is CC(C)[C@@H](NC(=O)c1ccc(/C=C2/SC(=S)N(C)C2=O)cc1)C(=O)[O-]. The molecule has 1 N–H and O–H groups in total. The van der Waals surface area contributed by atoms with Crippen molar-refractivity contribution in [1.82, 2.24) is 10.2 Å². The molecular weight excluding hydrogens is 360 g/mol. The maximum atomic E-state index is 12.2. The van der Waals surface area contributed by atoms with Crippen LogP contribution in [0.5, 0.6) is 0 Å². The van der Waals surface area contributed by atoms with E-state index in [1.165, 1.54) is 16.7 Å². The summed E-state index contributed by atoms with van der Waals surface area (Å²) >= 11 is 6.29. The lowest BCUT2D eigenvalue weighted by Gasteiger charge is -2.23. The number of thiocarbonyl (C=S) groups is 1. The van der Waals surface area contributed by atoms with Gasteiger partial charge in [0.1, 0.15) is 4.32 Å². The van der Waals surface area contributed by atoms with Crippen molar-refractivity contribution in [3.63, 3.8) is 0 Å². The smallest absolute Gasteiger partial charge is 0.265 e. The third kappa shape index (κ3) is 4.46. The van der Waals surface area contributed by atoms with Crippen molar-refractivity contribution >= 4 is 52.2 Å². The molecule has 1 aliphatic heterocycles. The Bertz CT molecular complexity index is 756. The summed E-state index contributed by atoms with van der Waals surface area (Å²) in [7, 11) is 1.62. The molecule has 0 radical (unpaired) electrons. The monoisotopic (exact) mass is 377 g/mol. The summed E-state index contributed by atoms with van der Waals surface area (Å²) in [6.07, 6.45) is 1.70. The van der Waals surface area contributed by atoms with Gasteiger partial charge >= 0.3 is 0 Å². The number of carbonyl (C=O) groups excluding carboxylic acids is 3. The number of carbonyl (C=O) groups is 3. The van der Waals surface area contributed by atoms with E-state index in [-0.39, 0.29) is 11.8 Å². The standard InChI is InChI=1S/C17H18N2O4S2/c1-9(2)13(16(22)23)18-14(20)11-6-4-10(5-7-11)8-12-15(21)19(3)17(24)25-12/h4-9,13H,1-3H3,(H,18,20)(H,22,23)/p-1/b12-8+/t13-/m1/s1. The van der Waals surface area contributed by atoms with Gasteiger partial charge in [0, 0.05) is 12.6 Å². The predicted octanol–water partition coefficient (Wildman–Crippen LogP) is 1.02. The van der Waals surface area contributed by atoms with E-state index in [4.69, 9.17) is 12.2 Å². The largest absolute Gasteiger partial charge is 0.548 e. The molecule has 1 aliphatic rings. The number of benzene rings is 1. The van der Waals surface area contributed by atoms with Crippen LogP contribution in [-0.2, 0) is 9.59 Å². The Kier molecular flexibility index (Phi) is 5.97. The van der Waals surface area contributed by atoms with Crippen LogP contribution in [0.4, 0.5) is 0 Å². The number of nitrogens with one attached hydrogen (secondary N) is 1. The van der Waals surface area contributed by atoms with Gasteiger partial charge in [0.2, 0.25) is 0 Å². The zero-order valence-corrected chi connectivity index (χ0v) is 15.6. The molecule has 1 aromatic carbocycles. The number of aliphatic carboxylic acids is 1. The van der Waals surface area contributed by atoms with E-state index in [1.807, 2.05) is 0 Å². The first kappa shape index (κ1) is 19.1. The van der Waals surface area contributed by atoms with E-state index in [0.29, 0.717) is 14.8 Å². The molecule has 1 atom stereocenters. The van der Waals surface area contributed by atoms with E-state index >= 15 is 0 Å². The first-order valence-corrected chi connectivity index (χ1v) is 8.76. The molecule has 0 spiro atoms. The number of thioether (sulfide) groups is 1. The number of carboxylic acids is 1. The Balaban J connectivity index is 2.12. The lowest BCUT2D eigenvalue weighted by molar-refractivity contribution is -0.309. The van der Waals surface area contributed by atoms with Gasteiger partial charge in [-0.3, -0.25) is 14.5 Å². The maximum Gasteiger partial charge on any atom is 0.265 e. The Morgan fingerprint density at radius 3 is 2.32 bits per heavy atom. The molecule has 1 saturated heterocycles. The molecule has 132 valence electrons. The highest BCUT2D eigenvalue weighted by Crippen LogP contribution is 2.31. The summed E-state index contributed by atoms with van der Waals surface area (Å²) in [6.45, 7) is 3.38. The fraction of sp³-hybridized carbons (Fsp3) is 0.294. The number of hydrogen-bond donors (Lipinski definition) is 1. The van der Waals surface area contributed by atoms with Crippen LogP contribution in [-0.4, -0.2) is 40.1 Å². The van der Waals surface area contributed by atoms with Crippen LogP contribution in [0, 0.1) is 5.92 Å². The lowest BCUT2D eigenvalue weighted by atomic mass is 10.0. The first-order valence-electron chi connectivity index (χ1n) is 7.54. The molecule has 1 fully saturated rings. The summed E-state index contributed by atoms with van der Waals surface area (Å²) in [6, 6.07) is 5.44. The van der Waals surface area contributed by atoms with Gasteiger partial charge in [0.05, 0.1) is 16.9 Å². The number of carboxylic acid groups (broad SMARTS) is 1. The molecule has 1 heterocycles. The molecular formula is C17H17N2O4S2-. The van der Waals surface area contributed by atoms with Crippen molar-refractivity contribution in [2.24, 2.45) is 5.92 Å². The summed E-state index contributed by atoms with van der Waals surface area (Å²) in [5.74, 6) is -2.26. The zero-order chi connectivity index (χ0) is 18.7. The second kappa shape index (κ2) is 7.79. The van der Waals surface area contributed by atoms with Crippen molar-refractivity contribution in [1.29, 1.82) is 0 Å². The summed E-state index contributed by atoms with van der Waals surface area (Å²) in [5.41, 5.74) is 1.07. The minimum atomic E-state index is -1.32. The van der Waals surface area contributed by atoms with Crippen LogP contribution < -0.4 is 10.4 Å². The van der Waals surface area contributed by atoms with E-state index in [0.717, 1.165) is 5.56 Å². The van der Waals surface area contributed by atoms with Gasteiger partial charge in [0.15, 0.2) is 0 Å². The zero-order valence-electron chi connectivity index (χ0n) is 13.9. The van der Waals surface area contributed by atoms with E-state index in [1.54, 1.807) is 51.2 Å². The minimum Gasteiger partial charge on any atom is -0.548 e.